The first-order chi connectivity index (χ1) is 12.2. The Balaban J connectivity index is 1.52. The molecule has 0 radical (unpaired) electrons. The molecule has 5 N–H and O–H groups in total. The summed E-state index contributed by atoms with van der Waals surface area (Å²) in [6, 6.07) is 10.5. The van der Waals surface area contributed by atoms with Crippen LogP contribution in [0.15, 0.2) is 30.3 Å². The highest BCUT2D eigenvalue weighted by Crippen LogP contribution is 2.35. The number of hydrogen-bond donors (Lipinski definition) is 3. The van der Waals surface area contributed by atoms with Crippen LogP contribution in [-0.2, 0) is 6.42 Å². The van der Waals surface area contributed by atoms with Gasteiger partial charge in [-0.2, -0.15) is 4.98 Å². The molecular weight excluding hydrogens is 314 g/mol. The second kappa shape index (κ2) is 8.16. The van der Waals surface area contributed by atoms with E-state index in [4.69, 9.17) is 16.2 Å². The predicted octanol–water partition coefficient (Wildman–Crippen LogP) is 2.71. The minimum atomic E-state index is 0.294. The number of ether oxygens (including phenoxy) is 1. The molecular formula is C19H27N5O. The Hall–Kier alpha value is -2.34. The number of nitrogens with one attached hydrogen (secondary N) is 1. The van der Waals surface area contributed by atoms with E-state index in [1.54, 1.807) is 0 Å². The summed E-state index contributed by atoms with van der Waals surface area (Å²) in [5.41, 5.74) is 14.0. The fourth-order valence-electron chi connectivity index (χ4n) is 3.19. The van der Waals surface area contributed by atoms with E-state index in [1.165, 1.54) is 5.56 Å². The lowest BCUT2D eigenvalue weighted by Gasteiger charge is -2.32. The number of aromatic nitrogens is 2. The van der Waals surface area contributed by atoms with Crippen LogP contribution in [0.25, 0.3) is 0 Å². The number of para-hydroxylation sites is 1. The summed E-state index contributed by atoms with van der Waals surface area (Å²) in [6.45, 7) is 3.51. The van der Waals surface area contributed by atoms with Gasteiger partial charge in [-0.1, -0.05) is 18.2 Å². The van der Waals surface area contributed by atoms with E-state index in [-0.39, 0.29) is 0 Å². The lowest BCUT2D eigenvalue weighted by atomic mass is 9.78. The normalized spacial score (nSPS) is 19.3. The van der Waals surface area contributed by atoms with Crippen molar-refractivity contribution in [3.63, 3.8) is 0 Å². The van der Waals surface area contributed by atoms with E-state index in [9.17, 15) is 0 Å². The van der Waals surface area contributed by atoms with Crippen molar-refractivity contribution in [3.8, 4) is 5.75 Å². The fourth-order valence-corrected chi connectivity index (χ4v) is 3.19. The van der Waals surface area contributed by atoms with Crippen LogP contribution in [0.3, 0.4) is 0 Å². The Bertz CT molecular complexity index is 700. The van der Waals surface area contributed by atoms with Gasteiger partial charge in [-0.05, 0) is 44.2 Å². The van der Waals surface area contributed by atoms with Gasteiger partial charge in [0.25, 0.3) is 0 Å². The predicted molar refractivity (Wildman–Crippen MR) is 101 cm³/mol. The number of aryl methyl sites for hydroxylation is 1. The number of nitrogens with two attached hydrogens (primary N) is 2. The molecule has 0 bridgehead atoms. The van der Waals surface area contributed by atoms with Gasteiger partial charge in [0.1, 0.15) is 11.6 Å². The maximum absolute atomic E-state index is 5.87. The topological polar surface area (TPSA) is 99.1 Å². The van der Waals surface area contributed by atoms with Gasteiger partial charge in [-0.15, -0.1) is 0 Å². The Morgan fingerprint density at radius 2 is 2.04 bits per heavy atom. The van der Waals surface area contributed by atoms with Gasteiger partial charge in [-0.3, -0.25) is 0 Å². The quantitative estimate of drug-likeness (QED) is 0.639. The molecule has 0 aliphatic heterocycles. The first kappa shape index (κ1) is 17.5. The molecule has 1 aromatic heterocycles. The van der Waals surface area contributed by atoms with Crippen LogP contribution in [0, 0.1) is 0 Å². The van der Waals surface area contributed by atoms with Gasteiger partial charge < -0.3 is 21.5 Å². The van der Waals surface area contributed by atoms with E-state index >= 15 is 0 Å². The third-order valence-electron chi connectivity index (χ3n) is 4.56. The third-order valence-corrected chi connectivity index (χ3v) is 4.56. The maximum atomic E-state index is 5.87. The summed E-state index contributed by atoms with van der Waals surface area (Å²) < 4.78 is 5.67. The first-order valence-corrected chi connectivity index (χ1v) is 9.00. The van der Waals surface area contributed by atoms with Crippen LogP contribution in [0.4, 0.5) is 11.8 Å². The van der Waals surface area contributed by atoms with Crippen molar-refractivity contribution in [2.24, 2.45) is 5.73 Å². The SMILES string of the molecule is CCOc1ccccc1CCCNc1cc(C2CC(N)C2)nc(N)n1. The van der Waals surface area contributed by atoms with Crippen molar-refractivity contribution in [1.29, 1.82) is 0 Å². The standard InChI is InChI=1S/C19H27N5O/c1-2-25-17-8-4-3-6-13(17)7-5-9-22-18-12-16(23-19(21)24-18)14-10-15(20)11-14/h3-4,6,8,12,14-15H,2,5,7,9-11,20H2,1H3,(H3,21,22,23,24). The highest BCUT2D eigenvalue weighted by atomic mass is 16.5. The van der Waals surface area contributed by atoms with Crippen molar-refractivity contribution in [2.45, 2.75) is 44.6 Å². The number of nitrogens with zero attached hydrogens (tertiary/aromatic N) is 2. The first-order valence-electron chi connectivity index (χ1n) is 9.00. The molecule has 6 heteroatoms. The van der Waals surface area contributed by atoms with Crippen LogP contribution < -0.4 is 21.5 Å². The summed E-state index contributed by atoms with van der Waals surface area (Å²) in [6.07, 6.45) is 3.89. The molecule has 1 heterocycles. The van der Waals surface area contributed by atoms with Crippen LogP contribution in [0.2, 0.25) is 0 Å². The zero-order chi connectivity index (χ0) is 17.6. The van der Waals surface area contributed by atoms with Crippen molar-refractivity contribution >= 4 is 11.8 Å². The van der Waals surface area contributed by atoms with Crippen molar-refractivity contribution < 1.29 is 4.74 Å². The summed E-state index contributed by atoms with van der Waals surface area (Å²) in [5.74, 6) is 2.50. The van der Waals surface area contributed by atoms with Gasteiger partial charge in [-0.25, -0.2) is 4.98 Å². The lowest BCUT2D eigenvalue weighted by Crippen LogP contribution is -2.35. The van der Waals surface area contributed by atoms with Gasteiger partial charge in [0.15, 0.2) is 0 Å². The molecule has 1 saturated carbocycles. The fraction of sp³-hybridized carbons (Fsp3) is 0.474. The lowest BCUT2D eigenvalue weighted by molar-refractivity contribution is 0.336. The minimum Gasteiger partial charge on any atom is -0.494 e. The molecule has 3 rings (SSSR count). The largest absolute Gasteiger partial charge is 0.494 e. The van der Waals surface area contributed by atoms with E-state index in [1.807, 2.05) is 31.2 Å². The summed E-state index contributed by atoms with van der Waals surface area (Å²) >= 11 is 0. The molecule has 134 valence electrons. The molecule has 1 fully saturated rings. The molecule has 0 unspecified atom stereocenters. The minimum absolute atomic E-state index is 0.294. The number of hydrogen-bond acceptors (Lipinski definition) is 6. The zero-order valence-electron chi connectivity index (χ0n) is 14.7. The zero-order valence-corrected chi connectivity index (χ0v) is 14.7. The van der Waals surface area contributed by atoms with Crippen molar-refractivity contribution in [1.82, 2.24) is 9.97 Å². The van der Waals surface area contributed by atoms with Crippen LogP contribution >= 0.6 is 0 Å². The highest BCUT2D eigenvalue weighted by molar-refractivity contribution is 5.42. The van der Waals surface area contributed by atoms with Crippen molar-refractivity contribution in [3.05, 3.63) is 41.6 Å². The van der Waals surface area contributed by atoms with Gasteiger partial charge in [0.2, 0.25) is 5.95 Å². The Morgan fingerprint density at radius 3 is 2.80 bits per heavy atom. The number of benzene rings is 1. The molecule has 25 heavy (non-hydrogen) atoms. The highest BCUT2D eigenvalue weighted by Gasteiger charge is 2.29. The molecule has 0 saturated heterocycles. The number of nitrogen functional groups attached to an aromatic ring is 1. The summed E-state index contributed by atoms with van der Waals surface area (Å²) in [7, 11) is 0. The smallest absolute Gasteiger partial charge is 0.222 e. The average molecular weight is 341 g/mol. The Labute approximate surface area is 149 Å². The molecule has 0 atom stereocenters. The molecule has 1 aromatic carbocycles. The molecule has 0 spiro atoms. The Kier molecular flexibility index (Phi) is 5.71. The van der Waals surface area contributed by atoms with E-state index in [0.717, 1.165) is 49.5 Å². The second-order valence-corrected chi connectivity index (χ2v) is 6.54. The summed E-state index contributed by atoms with van der Waals surface area (Å²) in [5, 5.41) is 3.36. The molecule has 2 aromatic rings. The van der Waals surface area contributed by atoms with Gasteiger partial charge >= 0.3 is 0 Å². The van der Waals surface area contributed by atoms with Crippen LogP contribution in [0.5, 0.6) is 5.75 Å². The number of rotatable bonds is 8. The van der Waals surface area contributed by atoms with Crippen LogP contribution in [0.1, 0.15) is 43.4 Å². The molecule has 6 nitrogen and oxygen atoms in total. The van der Waals surface area contributed by atoms with Gasteiger partial charge in [0.05, 0.1) is 12.3 Å². The molecule has 0 amide bonds. The molecule has 1 aliphatic carbocycles. The third kappa shape index (κ3) is 4.60. The maximum Gasteiger partial charge on any atom is 0.222 e. The van der Waals surface area contributed by atoms with E-state index in [2.05, 4.69) is 21.4 Å². The average Bonchev–Trinajstić information content (AvgIpc) is 2.57. The van der Waals surface area contributed by atoms with E-state index < -0.39 is 0 Å². The second-order valence-electron chi connectivity index (χ2n) is 6.54. The monoisotopic (exact) mass is 341 g/mol. The summed E-state index contributed by atoms with van der Waals surface area (Å²) in [4.78, 5) is 8.64. The van der Waals surface area contributed by atoms with E-state index in [0.29, 0.717) is 24.5 Å². The number of anilines is 2. The van der Waals surface area contributed by atoms with Crippen LogP contribution in [-0.4, -0.2) is 29.2 Å². The van der Waals surface area contributed by atoms with Gasteiger partial charge in [0, 0.05) is 24.6 Å². The molecule has 1 aliphatic rings. The Morgan fingerprint density at radius 1 is 1.24 bits per heavy atom. The van der Waals surface area contributed by atoms with Crippen molar-refractivity contribution in [2.75, 3.05) is 24.2 Å².